The fourth-order valence-electron chi connectivity index (χ4n) is 1.71. The summed E-state index contributed by atoms with van der Waals surface area (Å²) in [7, 11) is 0. The molecule has 0 saturated carbocycles. The zero-order chi connectivity index (χ0) is 15.1. The number of amides is 1. The third-order valence-corrected chi connectivity index (χ3v) is 2.87. The van der Waals surface area contributed by atoms with Gasteiger partial charge in [0, 0.05) is 19.9 Å². The average Bonchev–Trinajstić information content (AvgIpc) is 2.42. The Labute approximate surface area is 117 Å². The van der Waals surface area contributed by atoms with E-state index in [4.69, 9.17) is 5.11 Å². The molecule has 0 fully saturated rings. The molecule has 0 aliphatic carbocycles. The predicted octanol–water partition coefficient (Wildman–Crippen LogP) is 0.234. The molecular formula is C14H19NO5. The van der Waals surface area contributed by atoms with Gasteiger partial charge in [0.1, 0.15) is 12.2 Å². The molecule has 0 heterocycles. The Morgan fingerprint density at radius 2 is 1.80 bits per heavy atom. The van der Waals surface area contributed by atoms with Crippen LogP contribution in [0.15, 0.2) is 24.3 Å². The molecule has 2 atom stereocenters. The molecule has 0 radical (unpaired) electrons. The normalized spacial score (nSPS) is 13.6. The second-order valence-electron chi connectivity index (χ2n) is 4.58. The van der Waals surface area contributed by atoms with Crippen LogP contribution in [0.3, 0.4) is 0 Å². The van der Waals surface area contributed by atoms with Gasteiger partial charge in [0.25, 0.3) is 0 Å². The highest BCUT2D eigenvalue weighted by Crippen LogP contribution is 2.18. The maximum atomic E-state index is 10.7. The Kier molecular flexibility index (Phi) is 6.14. The van der Waals surface area contributed by atoms with Crippen molar-refractivity contribution in [2.75, 3.05) is 6.54 Å². The molecule has 0 aromatic heterocycles. The number of aliphatic carboxylic acids is 1. The van der Waals surface area contributed by atoms with Gasteiger partial charge in [-0.3, -0.25) is 9.59 Å². The maximum Gasteiger partial charge on any atom is 0.303 e. The lowest BCUT2D eigenvalue weighted by Crippen LogP contribution is -2.34. The first-order valence-electron chi connectivity index (χ1n) is 6.31. The number of nitrogens with one attached hydrogen (secondary N) is 1. The van der Waals surface area contributed by atoms with Crippen molar-refractivity contribution in [2.24, 2.45) is 0 Å². The summed E-state index contributed by atoms with van der Waals surface area (Å²) in [6.07, 6.45) is -1.73. The standard InChI is InChI=1S/C14H19NO5/c1-9(16)15-8-12(17)14(20)11-5-2-10(3-6-11)4-7-13(18)19/h2-3,5-6,12,14,17,20H,4,7-8H2,1H3,(H,15,16)(H,18,19). The molecule has 0 aliphatic rings. The molecule has 1 amide bonds. The third kappa shape index (κ3) is 5.38. The first kappa shape index (κ1) is 16.1. The van der Waals surface area contributed by atoms with E-state index in [2.05, 4.69) is 5.32 Å². The van der Waals surface area contributed by atoms with Crippen LogP contribution >= 0.6 is 0 Å². The number of aryl methyl sites for hydroxylation is 1. The number of hydrogen-bond donors (Lipinski definition) is 4. The van der Waals surface area contributed by atoms with Crippen molar-refractivity contribution in [1.29, 1.82) is 0 Å². The highest BCUT2D eigenvalue weighted by atomic mass is 16.4. The van der Waals surface area contributed by atoms with Gasteiger partial charge in [-0.05, 0) is 17.5 Å². The Morgan fingerprint density at radius 3 is 2.30 bits per heavy atom. The van der Waals surface area contributed by atoms with E-state index in [1.807, 2.05) is 0 Å². The molecule has 1 aromatic rings. The number of hydrogen-bond acceptors (Lipinski definition) is 4. The summed E-state index contributed by atoms with van der Waals surface area (Å²) >= 11 is 0. The van der Waals surface area contributed by atoms with E-state index in [0.29, 0.717) is 12.0 Å². The van der Waals surface area contributed by atoms with Crippen LogP contribution in [0.1, 0.15) is 30.6 Å². The Balaban J connectivity index is 2.58. The number of carbonyl (C=O) groups excluding carboxylic acids is 1. The molecule has 0 aliphatic heterocycles. The number of carboxylic acid groups (broad SMARTS) is 1. The topological polar surface area (TPSA) is 107 Å². The molecule has 1 rings (SSSR count). The lowest BCUT2D eigenvalue weighted by atomic mass is 10.0. The monoisotopic (exact) mass is 281 g/mol. The predicted molar refractivity (Wildman–Crippen MR) is 72.0 cm³/mol. The van der Waals surface area contributed by atoms with E-state index in [-0.39, 0.29) is 18.9 Å². The summed E-state index contributed by atoms with van der Waals surface area (Å²) in [5, 5.41) is 30.7. The van der Waals surface area contributed by atoms with Gasteiger partial charge in [0.2, 0.25) is 5.91 Å². The Bertz CT molecular complexity index is 457. The number of rotatable bonds is 7. The van der Waals surface area contributed by atoms with Crippen LogP contribution in [-0.4, -0.2) is 39.8 Å². The number of aliphatic hydroxyl groups is 2. The third-order valence-electron chi connectivity index (χ3n) is 2.87. The molecule has 6 heteroatoms. The molecule has 0 saturated heterocycles. The number of aliphatic hydroxyl groups excluding tert-OH is 2. The molecule has 20 heavy (non-hydrogen) atoms. The second kappa shape index (κ2) is 7.62. The number of carboxylic acids is 1. The van der Waals surface area contributed by atoms with Crippen LogP contribution in [0.2, 0.25) is 0 Å². The lowest BCUT2D eigenvalue weighted by Gasteiger charge is -2.18. The van der Waals surface area contributed by atoms with Gasteiger partial charge in [0.05, 0.1) is 0 Å². The van der Waals surface area contributed by atoms with Gasteiger partial charge < -0.3 is 20.6 Å². The van der Waals surface area contributed by atoms with Crippen LogP contribution in [0.25, 0.3) is 0 Å². The fourth-order valence-corrected chi connectivity index (χ4v) is 1.71. The fraction of sp³-hybridized carbons (Fsp3) is 0.429. The number of benzene rings is 1. The molecular weight excluding hydrogens is 262 g/mol. The molecule has 110 valence electrons. The van der Waals surface area contributed by atoms with Crippen molar-refractivity contribution in [3.05, 3.63) is 35.4 Å². The van der Waals surface area contributed by atoms with E-state index < -0.39 is 18.2 Å². The van der Waals surface area contributed by atoms with Crippen LogP contribution < -0.4 is 5.32 Å². The van der Waals surface area contributed by atoms with Crippen LogP contribution in [-0.2, 0) is 16.0 Å². The smallest absolute Gasteiger partial charge is 0.303 e. The van der Waals surface area contributed by atoms with Gasteiger partial charge in [-0.2, -0.15) is 0 Å². The summed E-state index contributed by atoms with van der Waals surface area (Å²) in [5.74, 6) is -1.14. The summed E-state index contributed by atoms with van der Waals surface area (Å²) in [5.41, 5.74) is 1.36. The van der Waals surface area contributed by atoms with Crippen molar-refractivity contribution in [2.45, 2.75) is 32.0 Å². The first-order valence-corrected chi connectivity index (χ1v) is 6.31. The van der Waals surface area contributed by atoms with E-state index in [9.17, 15) is 19.8 Å². The molecule has 6 nitrogen and oxygen atoms in total. The quantitative estimate of drug-likeness (QED) is 0.572. The van der Waals surface area contributed by atoms with Gasteiger partial charge in [-0.1, -0.05) is 24.3 Å². The Hall–Kier alpha value is -1.92. The minimum Gasteiger partial charge on any atom is -0.481 e. The number of carbonyl (C=O) groups is 2. The van der Waals surface area contributed by atoms with Crippen molar-refractivity contribution >= 4 is 11.9 Å². The second-order valence-corrected chi connectivity index (χ2v) is 4.58. The van der Waals surface area contributed by atoms with Crippen LogP contribution in [0.5, 0.6) is 0 Å². The summed E-state index contributed by atoms with van der Waals surface area (Å²) in [4.78, 5) is 21.2. The molecule has 1 aromatic carbocycles. The van der Waals surface area contributed by atoms with Gasteiger partial charge >= 0.3 is 5.97 Å². The van der Waals surface area contributed by atoms with Crippen molar-refractivity contribution in [3.63, 3.8) is 0 Å². The molecule has 2 unspecified atom stereocenters. The average molecular weight is 281 g/mol. The largest absolute Gasteiger partial charge is 0.481 e. The maximum absolute atomic E-state index is 10.7. The van der Waals surface area contributed by atoms with Gasteiger partial charge in [0.15, 0.2) is 0 Å². The Morgan fingerprint density at radius 1 is 1.20 bits per heavy atom. The van der Waals surface area contributed by atoms with Crippen LogP contribution in [0, 0.1) is 0 Å². The minimum atomic E-state index is -1.10. The van der Waals surface area contributed by atoms with E-state index in [1.54, 1.807) is 24.3 Å². The highest BCUT2D eigenvalue weighted by molar-refractivity contribution is 5.72. The molecule has 0 bridgehead atoms. The summed E-state index contributed by atoms with van der Waals surface area (Å²) < 4.78 is 0. The van der Waals surface area contributed by atoms with E-state index in [1.165, 1.54) is 6.92 Å². The minimum absolute atomic E-state index is 0.0305. The zero-order valence-corrected chi connectivity index (χ0v) is 11.2. The lowest BCUT2D eigenvalue weighted by molar-refractivity contribution is -0.137. The van der Waals surface area contributed by atoms with E-state index in [0.717, 1.165) is 5.56 Å². The van der Waals surface area contributed by atoms with Gasteiger partial charge in [-0.15, -0.1) is 0 Å². The van der Waals surface area contributed by atoms with Gasteiger partial charge in [-0.25, -0.2) is 0 Å². The first-order chi connectivity index (χ1) is 9.40. The van der Waals surface area contributed by atoms with Crippen molar-refractivity contribution < 1.29 is 24.9 Å². The zero-order valence-electron chi connectivity index (χ0n) is 11.2. The molecule has 4 N–H and O–H groups in total. The molecule has 0 spiro atoms. The summed E-state index contributed by atoms with van der Waals surface area (Å²) in [6, 6.07) is 6.71. The van der Waals surface area contributed by atoms with Crippen LogP contribution in [0.4, 0.5) is 0 Å². The van der Waals surface area contributed by atoms with Crippen molar-refractivity contribution in [3.8, 4) is 0 Å². The highest BCUT2D eigenvalue weighted by Gasteiger charge is 2.18. The summed E-state index contributed by atoms with van der Waals surface area (Å²) in [6.45, 7) is 1.30. The van der Waals surface area contributed by atoms with E-state index >= 15 is 0 Å². The van der Waals surface area contributed by atoms with Crippen molar-refractivity contribution in [1.82, 2.24) is 5.32 Å². The SMILES string of the molecule is CC(=O)NCC(O)C(O)c1ccc(CCC(=O)O)cc1.